The number of aliphatic imine (C=N–C) groups is 1. The van der Waals surface area contributed by atoms with Crippen molar-refractivity contribution in [3.63, 3.8) is 0 Å². The van der Waals surface area contributed by atoms with Crippen molar-refractivity contribution < 1.29 is 14.7 Å². The molecule has 1 aromatic heterocycles. The van der Waals surface area contributed by atoms with Crippen LogP contribution in [0.5, 0.6) is 5.88 Å². The van der Waals surface area contributed by atoms with Gasteiger partial charge in [-0.3, -0.25) is 9.59 Å². The third-order valence-electron chi connectivity index (χ3n) is 4.78. The van der Waals surface area contributed by atoms with Crippen molar-refractivity contribution in [1.29, 1.82) is 0 Å². The molecule has 154 valence electrons. The third kappa shape index (κ3) is 4.16. The molecule has 0 bridgehead atoms. The summed E-state index contributed by atoms with van der Waals surface area (Å²) in [7, 11) is 0. The second-order valence-corrected chi connectivity index (χ2v) is 7.03. The fourth-order valence-corrected chi connectivity index (χ4v) is 3.39. The zero-order chi connectivity index (χ0) is 22.0. The summed E-state index contributed by atoms with van der Waals surface area (Å²) < 4.78 is 0. The van der Waals surface area contributed by atoms with Crippen LogP contribution in [-0.4, -0.2) is 27.6 Å². The van der Waals surface area contributed by atoms with Gasteiger partial charge in [0, 0.05) is 34.6 Å². The maximum Gasteiger partial charge on any atom is 0.248 e. The van der Waals surface area contributed by atoms with Crippen molar-refractivity contribution in [3.8, 4) is 5.88 Å². The van der Waals surface area contributed by atoms with Crippen LogP contribution in [0.4, 0.5) is 11.4 Å². The Morgan fingerprint density at radius 2 is 1.68 bits per heavy atom. The van der Waals surface area contributed by atoms with Crippen LogP contribution >= 0.6 is 0 Å². The number of hydrogen-bond acceptors (Lipinski definition) is 4. The first-order valence-electron chi connectivity index (χ1n) is 9.59. The molecular formula is C24H20N4O3. The minimum Gasteiger partial charge on any atom is -0.494 e. The van der Waals surface area contributed by atoms with E-state index in [0.29, 0.717) is 39.1 Å². The summed E-state index contributed by atoms with van der Waals surface area (Å²) in [6.07, 6.45) is 0. The zero-order valence-corrected chi connectivity index (χ0v) is 16.7. The number of nitrogens with two attached hydrogens (primary N) is 1. The molecule has 7 heteroatoms. The molecule has 31 heavy (non-hydrogen) atoms. The molecule has 4 rings (SSSR count). The highest BCUT2D eigenvalue weighted by molar-refractivity contribution is 6.22. The Bertz CT molecular complexity index is 1310. The number of aromatic hydroxyl groups is 1. The number of aromatic amines is 1. The molecule has 5 N–H and O–H groups in total. The van der Waals surface area contributed by atoms with Crippen LogP contribution < -0.4 is 11.1 Å². The zero-order valence-electron chi connectivity index (χ0n) is 16.7. The number of carbonyl (C=O) groups is 2. The standard InChI is InChI=1S/C24H20N4O3/c1-14(29)26-17-8-10-18(11-9-17)27-22(15-5-3-2-4-6-15)21-19-12-7-16(23(25)30)13-20(19)28-24(21)31/h2-13,28,31H,1H3,(H2,25,30)(H,26,29). The highest BCUT2D eigenvalue weighted by atomic mass is 16.3. The van der Waals surface area contributed by atoms with Crippen molar-refractivity contribution >= 4 is 39.8 Å². The van der Waals surface area contributed by atoms with Crippen LogP contribution in [0.2, 0.25) is 0 Å². The minimum absolute atomic E-state index is 0.0610. The van der Waals surface area contributed by atoms with Crippen LogP contribution in [0.15, 0.2) is 77.8 Å². The molecule has 1 heterocycles. The van der Waals surface area contributed by atoms with Crippen LogP contribution in [-0.2, 0) is 4.79 Å². The quantitative estimate of drug-likeness (QED) is 0.369. The average molecular weight is 412 g/mol. The van der Waals surface area contributed by atoms with Gasteiger partial charge in [-0.25, -0.2) is 4.99 Å². The van der Waals surface area contributed by atoms with Crippen molar-refractivity contribution in [3.05, 3.63) is 89.5 Å². The molecule has 2 amide bonds. The number of hydrogen-bond donors (Lipinski definition) is 4. The Morgan fingerprint density at radius 1 is 0.968 bits per heavy atom. The molecule has 0 aliphatic rings. The molecule has 0 aliphatic heterocycles. The summed E-state index contributed by atoms with van der Waals surface area (Å²) >= 11 is 0. The molecule has 0 atom stereocenters. The number of rotatable bonds is 5. The number of benzene rings is 3. The Balaban J connectivity index is 1.87. The molecule has 0 aliphatic carbocycles. The van der Waals surface area contributed by atoms with Gasteiger partial charge in [-0.1, -0.05) is 36.4 Å². The number of fused-ring (bicyclic) bond motifs is 1. The number of H-pyrrole nitrogens is 1. The largest absolute Gasteiger partial charge is 0.494 e. The van der Waals surface area contributed by atoms with E-state index in [0.717, 1.165) is 5.56 Å². The van der Waals surface area contributed by atoms with Gasteiger partial charge in [-0.15, -0.1) is 0 Å². The van der Waals surface area contributed by atoms with Crippen molar-refractivity contribution in [1.82, 2.24) is 4.98 Å². The van der Waals surface area contributed by atoms with E-state index in [1.54, 1.807) is 42.5 Å². The van der Waals surface area contributed by atoms with Gasteiger partial charge in [0.05, 0.1) is 17.0 Å². The molecule has 0 saturated carbocycles. The number of nitrogens with one attached hydrogen (secondary N) is 2. The lowest BCUT2D eigenvalue weighted by atomic mass is 10.00. The predicted molar refractivity (Wildman–Crippen MR) is 121 cm³/mol. The smallest absolute Gasteiger partial charge is 0.248 e. The summed E-state index contributed by atoms with van der Waals surface area (Å²) in [5.41, 5.74) is 9.50. The van der Waals surface area contributed by atoms with E-state index in [1.807, 2.05) is 30.3 Å². The second-order valence-electron chi connectivity index (χ2n) is 7.03. The van der Waals surface area contributed by atoms with Gasteiger partial charge in [0.1, 0.15) is 0 Å². The van der Waals surface area contributed by atoms with Crippen molar-refractivity contribution in [2.24, 2.45) is 10.7 Å². The number of primary amides is 1. The van der Waals surface area contributed by atoms with E-state index >= 15 is 0 Å². The Labute approximate surface area is 178 Å². The lowest BCUT2D eigenvalue weighted by molar-refractivity contribution is -0.114. The molecule has 0 spiro atoms. The summed E-state index contributed by atoms with van der Waals surface area (Å²) in [4.78, 5) is 30.5. The Morgan fingerprint density at radius 3 is 2.32 bits per heavy atom. The fourth-order valence-electron chi connectivity index (χ4n) is 3.39. The van der Waals surface area contributed by atoms with Crippen LogP contribution in [0, 0.1) is 0 Å². The van der Waals surface area contributed by atoms with E-state index < -0.39 is 5.91 Å². The lowest BCUT2D eigenvalue weighted by Gasteiger charge is -2.08. The minimum atomic E-state index is -0.547. The highest BCUT2D eigenvalue weighted by Crippen LogP contribution is 2.32. The molecule has 3 aromatic carbocycles. The molecule has 7 nitrogen and oxygen atoms in total. The predicted octanol–water partition coefficient (Wildman–Crippen LogP) is 4.10. The van der Waals surface area contributed by atoms with Gasteiger partial charge in [0.25, 0.3) is 0 Å². The van der Waals surface area contributed by atoms with Crippen molar-refractivity contribution in [2.45, 2.75) is 6.92 Å². The number of carbonyl (C=O) groups excluding carboxylic acids is 2. The van der Waals surface area contributed by atoms with Crippen LogP contribution in [0.3, 0.4) is 0 Å². The van der Waals surface area contributed by atoms with Gasteiger partial charge < -0.3 is 21.1 Å². The van der Waals surface area contributed by atoms with Gasteiger partial charge in [0.15, 0.2) is 5.88 Å². The maximum atomic E-state index is 11.5. The molecular weight excluding hydrogens is 392 g/mol. The Kier molecular flexibility index (Phi) is 5.24. The summed E-state index contributed by atoms with van der Waals surface area (Å²) in [5.74, 6) is -0.761. The van der Waals surface area contributed by atoms with E-state index in [-0.39, 0.29) is 11.8 Å². The van der Waals surface area contributed by atoms with Gasteiger partial charge in [-0.05, 0) is 36.4 Å². The monoisotopic (exact) mass is 412 g/mol. The van der Waals surface area contributed by atoms with E-state index in [9.17, 15) is 14.7 Å². The number of aromatic nitrogens is 1. The van der Waals surface area contributed by atoms with Crippen LogP contribution in [0.25, 0.3) is 10.9 Å². The maximum absolute atomic E-state index is 11.5. The Hall–Kier alpha value is -4.39. The highest BCUT2D eigenvalue weighted by Gasteiger charge is 2.19. The first kappa shape index (κ1) is 19.9. The van der Waals surface area contributed by atoms with E-state index in [4.69, 9.17) is 10.7 Å². The first-order valence-corrected chi connectivity index (χ1v) is 9.59. The molecule has 4 aromatic rings. The van der Waals surface area contributed by atoms with Gasteiger partial charge in [-0.2, -0.15) is 0 Å². The molecule has 0 saturated heterocycles. The second kappa shape index (κ2) is 8.16. The normalized spacial score (nSPS) is 11.5. The van der Waals surface area contributed by atoms with Crippen LogP contribution in [0.1, 0.15) is 28.4 Å². The fraction of sp³-hybridized carbons (Fsp3) is 0.0417. The van der Waals surface area contributed by atoms with E-state index in [1.165, 1.54) is 6.92 Å². The topological polar surface area (TPSA) is 121 Å². The third-order valence-corrected chi connectivity index (χ3v) is 4.78. The average Bonchev–Trinajstić information content (AvgIpc) is 3.08. The molecule has 0 unspecified atom stereocenters. The molecule has 0 fully saturated rings. The number of nitrogens with zero attached hydrogens (tertiary/aromatic N) is 1. The summed E-state index contributed by atoms with van der Waals surface area (Å²) in [6, 6.07) is 21.5. The van der Waals surface area contributed by atoms with E-state index in [2.05, 4.69) is 10.3 Å². The van der Waals surface area contributed by atoms with Gasteiger partial charge >= 0.3 is 0 Å². The lowest BCUT2D eigenvalue weighted by Crippen LogP contribution is -2.10. The van der Waals surface area contributed by atoms with Gasteiger partial charge in [0.2, 0.25) is 11.8 Å². The number of anilines is 1. The summed E-state index contributed by atoms with van der Waals surface area (Å²) in [5, 5.41) is 14.1. The SMILES string of the molecule is CC(=O)Nc1ccc(N=C(c2ccccc2)c2c(O)[nH]c3cc(C(N)=O)ccc23)cc1. The number of amides is 2. The first-order chi connectivity index (χ1) is 14.9. The van der Waals surface area contributed by atoms with Crippen molar-refractivity contribution in [2.75, 3.05) is 5.32 Å². The summed E-state index contributed by atoms with van der Waals surface area (Å²) in [6.45, 7) is 1.45. The molecule has 0 radical (unpaired) electrons.